The van der Waals surface area contributed by atoms with Gasteiger partial charge in [-0.2, -0.15) is 0 Å². The fourth-order valence-electron chi connectivity index (χ4n) is 0.430. The maximum absolute atomic E-state index is 10.2. The van der Waals surface area contributed by atoms with Crippen molar-refractivity contribution in [3.63, 3.8) is 0 Å². The fourth-order valence-corrected chi connectivity index (χ4v) is 1.12. The zero-order valence-electron chi connectivity index (χ0n) is 5.92. The molecule has 0 aromatic heterocycles. The summed E-state index contributed by atoms with van der Waals surface area (Å²) >= 11 is -3.88. The Kier molecular flexibility index (Phi) is 17.6. The van der Waals surface area contributed by atoms with Crippen LogP contribution in [0.2, 0.25) is 0 Å². The van der Waals surface area contributed by atoms with Crippen LogP contribution in [-0.2, 0) is 13.4 Å². The minimum absolute atomic E-state index is 0. The van der Waals surface area contributed by atoms with Gasteiger partial charge in [0.2, 0.25) is 0 Å². The van der Waals surface area contributed by atoms with E-state index in [4.69, 9.17) is 15.3 Å². The fraction of sp³-hybridized carbons (Fsp3) is 0.500. The van der Waals surface area contributed by atoms with E-state index in [0.29, 0.717) is 0 Å². The van der Waals surface area contributed by atoms with Gasteiger partial charge in [-0.05, 0) is 0 Å². The molecule has 0 unspecified atom stereocenters. The molecule has 8 nitrogen and oxygen atoms in total. The average Bonchev–Trinajstić information content (AvgIpc) is 1.97. The summed E-state index contributed by atoms with van der Waals surface area (Å²) in [6, 6.07) is 0. The Balaban J connectivity index is -0.000000720. The van der Waals surface area contributed by atoms with Crippen LogP contribution in [-0.4, -0.2) is 142 Å². The molecule has 0 aliphatic carbocycles. The predicted molar refractivity (Wildman–Crippen MR) is 40.4 cm³/mol. The molecule has 11 heteroatoms. The van der Waals surface area contributed by atoms with Crippen molar-refractivity contribution in [1.29, 1.82) is 0 Å². The van der Waals surface area contributed by atoms with Crippen molar-refractivity contribution in [1.82, 2.24) is 0 Å². The van der Waals surface area contributed by atoms with Crippen molar-refractivity contribution in [2.24, 2.45) is 0 Å². The third kappa shape index (κ3) is 10.2. The number of carbonyl (C=O) groups is 2. The summed E-state index contributed by atoms with van der Waals surface area (Å²) in [5, 5.41) is 25.0. The second-order valence-corrected chi connectivity index (χ2v) is 2.99. The molecular formula is C4H7BrK2O8. The van der Waals surface area contributed by atoms with E-state index in [1.165, 1.54) is 0 Å². The summed E-state index contributed by atoms with van der Waals surface area (Å²) < 4.78 is 23.6. The summed E-state index contributed by atoms with van der Waals surface area (Å²) in [7, 11) is 0. The van der Waals surface area contributed by atoms with E-state index in [0.717, 1.165) is 0 Å². The Morgan fingerprint density at radius 1 is 1.13 bits per heavy atom. The molecule has 0 saturated heterocycles. The first kappa shape index (κ1) is 22.7. The zero-order chi connectivity index (χ0) is 10.6. The van der Waals surface area contributed by atoms with Crippen LogP contribution in [0.5, 0.6) is 0 Å². The van der Waals surface area contributed by atoms with E-state index >= 15 is 0 Å². The number of carboxylic acids is 2. The Morgan fingerprint density at radius 3 is 1.73 bits per heavy atom. The number of aliphatic hydroxyl groups excluding tert-OH is 1. The van der Waals surface area contributed by atoms with Crippen LogP contribution in [0.3, 0.4) is 0 Å². The number of halogens is 1. The maximum atomic E-state index is 10.2. The second kappa shape index (κ2) is 11.6. The van der Waals surface area contributed by atoms with E-state index in [2.05, 4.69) is 3.83 Å². The Labute approximate surface area is 175 Å². The Hall–Kier alpha value is 2.53. The molecule has 0 rings (SSSR count). The number of hydrogen-bond donors (Lipinski definition) is 3. The van der Waals surface area contributed by atoms with Crippen LogP contribution >= 0.6 is 0 Å². The van der Waals surface area contributed by atoms with Crippen LogP contribution < -0.4 is 8.40 Å². The molecule has 0 amide bonds. The van der Waals surface area contributed by atoms with E-state index in [9.17, 15) is 18.0 Å². The number of aliphatic hydroxyl groups is 1. The van der Waals surface area contributed by atoms with Gasteiger partial charge in [-0.15, -0.1) is 0 Å². The molecule has 0 bridgehead atoms. The van der Waals surface area contributed by atoms with Gasteiger partial charge in [0.25, 0.3) is 6.10 Å². The summed E-state index contributed by atoms with van der Waals surface area (Å²) in [4.78, 5) is 20.2. The van der Waals surface area contributed by atoms with Crippen molar-refractivity contribution in [3.8, 4) is 0 Å². The van der Waals surface area contributed by atoms with Crippen molar-refractivity contribution in [3.05, 3.63) is 0 Å². The number of rotatable bonds is 5. The predicted octanol–water partition coefficient (Wildman–Crippen LogP) is -5.31. The van der Waals surface area contributed by atoms with Gasteiger partial charge >= 0.3 is 130 Å². The molecule has 0 aliphatic rings. The molecule has 15 heavy (non-hydrogen) atoms. The van der Waals surface area contributed by atoms with E-state index in [-0.39, 0.29) is 103 Å². The van der Waals surface area contributed by atoms with Gasteiger partial charge in [0, 0.05) is 3.83 Å². The standard InChI is InChI=1S/C4H5BrO8.2K.2H/c6-1(3(7)8)2(4(9)10)13-5(11)12;;;;/h1-2,6H,(H,7,8)(H,9,10);;;;/t1-,2-;;;;/m1..../s1. The number of hydrogen-bond acceptors (Lipinski definition) is 6. The quantitative estimate of drug-likeness (QED) is 0.420. The monoisotopic (exact) mass is 340 g/mol. The molecule has 80 valence electrons. The molecule has 0 spiro atoms. The first-order valence-electron chi connectivity index (χ1n) is 2.72. The van der Waals surface area contributed by atoms with Gasteiger partial charge < -0.3 is 23.7 Å². The number of carboxylic acid groups (broad SMARTS) is 2. The Morgan fingerprint density at radius 2 is 1.53 bits per heavy atom. The van der Waals surface area contributed by atoms with Gasteiger partial charge in [-0.1, -0.05) is 0 Å². The minimum atomic E-state index is -3.88. The van der Waals surface area contributed by atoms with E-state index in [1.807, 2.05) is 0 Å². The van der Waals surface area contributed by atoms with Gasteiger partial charge in [-0.3, -0.25) is 0 Å². The summed E-state index contributed by atoms with van der Waals surface area (Å²) in [5.41, 5.74) is 0. The van der Waals surface area contributed by atoms with Crippen molar-refractivity contribution < 1.29 is 51.9 Å². The molecule has 0 saturated carbocycles. The van der Waals surface area contributed by atoms with E-state index in [1.54, 1.807) is 0 Å². The molecule has 3 N–H and O–H groups in total. The normalized spacial score (nSPS) is 13.3. The third-order valence-corrected chi connectivity index (χ3v) is 1.66. The first-order chi connectivity index (χ1) is 5.86. The Bertz CT molecular complexity index is 211. The van der Waals surface area contributed by atoms with Gasteiger partial charge in [0.1, 0.15) is 0 Å². The van der Waals surface area contributed by atoms with Crippen LogP contribution in [0, 0.1) is 14.8 Å². The molecule has 0 radical (unpaired) electrons. The molecule has 2 atom stereocenters. The van der Waals surface area contributed by atoms with E-state index < -0.39 is 39.0 Å². The second-order valence-electron chi connectivity index (χ2n) is 1.82. The van der Waals surface area contributed by atoms with Crippen molar-refractivity contribution in [2.75, 3.05) is 0 Å². The first-order valence-corrected chi connectivity index (χ1v) is 4.67. The summed E-state index contributed by atoms with van der Waals surface area (Å²) in [5.74, 6) is -3.75. The van der Waals surface area contributed by atoms with Crippen molar-refractivity contribution >= 4 is 115 Å². The third-order valence-electron chi connectivity index (χ3n) is 0.952. The van der Waals surface area contributed by atoms with Crippen LogP contribution in [0.4, 0.5) is 0 Å². The summed E-state index contributed by atoms with van der Waals surface area (Å²) in [6.45, 7) is 0. The van der Waals surface area contributed by atoms with Crippen LogP contribution in [0.1, 0.15) is 0 Å². The molecule has 0 fully saturated rings. The van der Waals surface area contributed by atoms with Gasteiger partial charge in [0.05, 0.1) is 0 Å². The summed E-state index contributed by atoms with van der Waals surface area (Å²) in [6.07, 6.45) is -4.72. The molecule has 0 heterocycles. The van der Waals surface area contributed by atoms with Gasteiger partial charge in [0.15, 0.2) is 6.10 Å². The molecular weight excluding hydrogens is 334 g/mol. The SMILES string of the molecule is O=C(O)[C@H](O)[C@@H](O[Br+2]([O-])[O-])C(=O)O.[KH].[KH]. The number of aliphatic carboxylic acids is 2. The molecule has 0 aliphatic heterocycles. The van der Waals surface area contributed by atoms with Crippen LogP contribution in [0.25, 0.3) is 0 Å². The van der Waals surface area contributed by atoms with Gasteiger partial charge in [-0.25, -0.2) is 9.59 Å². The molecule has 0 aromatic carbocycles. The zero-order valence-corrected chi connectivity index (χ0v) is 7.50. The molecule has 0 aromatic rings. The average molecular weight is 341 g/mol. The van der Waals surface area contributed by atoms with Crippen LogP contribution in [0.15, 0.2) is 0 Å². The topological polar surface area (TPSA) is 150 Å². The van der Waals surface area contributed by atoms with Crippen molar-refractivity contribution in [2.45, 2.75) is 12.2 Å².